The Labute approximate surface area is 144 Å². The maximum absolute atomic E-state index is 12.7. The largest absolute Gasteiger partial charge is 0.416 e. The van der Waals surface area contributed by atoms with Gasteiger partial charge in [0.2, 0.25) is 11.8 Å². The predicted molar refractivity (Wildman–Crippen MR) is 87.9 cm³/mol. The normalized spacial score (nSPS) is 16.2. The molecule has 0 unspecified atom stereocenters. The molecule has 1 saturated heterocycles. The number of carbonyl (C=O) groups is 2. The maximum atomic E-state index is 12.7. The summed E-state index contributed by atoms with van der Waals surface area (Å²) in [6.07, 6.45) is -4.44. The summed E-state index contributed by atoms with van der Waals surface area (Å²) < 4.78 is 38.1. The fraction of sp³-hybridized carbons (Fsp3) is 0.529. The number of nitrogens with zero attached hydrogens (tertiary/aromatic N) is 2. The summed E-state index contributed by atoms with van der Waals surface area (Å²) in [5.41, 5.74) is -0.681. The molecule has 1 N–H and O–H groups in total. The van der Waals surface area contributed by atoms with Gasteiger partial charge >= 0.3 is 6.18 Å². The van der Waals surface area contributed by atoms with Gasteiger partial charge in [-0.25, -0.2) is 0 Å². The smallest absolute Gasteiger partial charge is 0.340 e. The highest BCUT2D eigenvalue weighted by molar-refractivity contribution is 5.92. The van der Waals surface area contributed by atoms with Crippen LogP contribution in [0, 0.1) is 5.92 Å². The molecule has 5 nitrogen and oxygen atoms in total. The molecule has 0 aromatic heterocycles. The molecule has 1 fully saturated rings. The van der Waals surface area contributed by atoms with E-state index in [0.717, 1.165) is 12.1 Å². The Bertz CT molecular complexity index is 624. The van der Waals surface area contributed by atoms with Gasteiger partial charge in [-0.05, 0) is 18.2 Å². The summed E-state index contributed by atoms with van der Waals surface area (Å²) in [5, 5.41) is 2.49. The van der Waals surface area contributed by atoms with Crippen LogP contribution in [-0.2, 0) is 15.8 Å². The van der Waals surface area contributed by atoms with Crippen molar-refractivity contribution in [2.24, 2.45) is 5.92 Å². The first-order valence-corrected chi connectivity index (χ1v) is 8.15. The first-order chi connectivity index (χ1) is 11.7. The third-order valence-corrected chi connectivity index (χ3v) is 4.02. The second kappa shape index (κ2) is 7.86. The number of hydrogen-bond donors (Lipinski definition) is 1. The molecule has 138 valence electrons. The minimum atomic E-state index is -4.44. The SMILES string of the molecule is CC(C)C(=O)N1CCN(CC(=O)Nc2cccc(C(F)(F)F)c2)CC1. The van der Waals surface area contributed by atoms with E-state index in [2.05, 4.69) is 5.32 Å². The molecule has 25 heavy (non-hydrogen) atoms. The van der Waals surface area contributed by atoms with Crippen molar-refractivity contribution in [2.75, 3.05) is 38.0 Å². The van der Waals surface area contributed by atoms with Crippen LogP contribution in [0.4, 0.5) is 18.9 Å². The van der Waals surface area contributed by atoms with E-state index >= 15 is 0 Å². The average molecular weight is 357 g/mol. The molecule has 0 bridgehead atoms. The number of carbonyl (C=O) groups excluding carboxylic acids is 2. The Kier molecular flexibility index (Phi) is 6.05. The second-order valence-corrected chi connectivity index (χ2v) is 6.38. The minimum absolute atomic E-state index is 0.0595. The van der Waals surface area contributed by atoms with Gasteiger partial charge in [0.1, 0.15) is 0 Å². The van der Waals surface area contributed by atoms with Crippen molar-refractivity contribution in [3.05, 3.63) is 29.8 Å². The van der Waals surface area contributed by atoms with Crippen molar-refractivity contribution in [1.82, 2.24) is 9.80 Å². The van der Waals surface area contributed by atoms with Crippen molar-refractivity contribution in [3.8, 4) is 0 Å². The minimum Gasteiger partial charge on any atom is -0.340 e. The topological polar surface area (TPSA) is 52.7 Å². The van der Waals surface area contributed by atoms with E-state index in [1.807, 2.05) is 18.7 Å². The molecular formula is C17H22F3N3O2. The molecule has 0 atom stereocenters. The number of benzene rings is 1. The van der Waals surface area contributed by atoms with Gasteiger partial charge in [0.15, 0.2) is 0 Å². The van der Waals surface area contributed by atoms with E-state index in [9.17, 15) is 22.8 Å². The standard InChI is InChI=1S/C17H22F3N3O2/c1-12(2)16(25)23-8-6-22(7-9-23)11-15(24)21-14-5-3-4-13(10-14)17(18,19)20/h3-5,10,12H,6-9,11H2,1-2H3,(H,21,24). The molecule has 1 aliphatic rings. The van der Waals surface area contributed by atoms with E-state index in [-0.39, 0.29) is 30.0 Å². The van der Waals surface area contributed by atoms with Gasteiger partial charge in [0, 0.05) is 37.8 Å². The fourth-order valence-corrected chi connectivity index (χ4v) is 2.67. The zero-order chi connectivity index (χ0) is 18.6. The van der Waals surface area contributed by atoms with E-state index < -0.39 is 11.7 Å². The summed E-state index contributed by atoms with van der Waals surface area (Å²) in [5.74, 6) is -0.341. The number of nitrogens with one attached hydrogen (secondary N) is 1. The number of rotatable bonds is 4. The second-order valence-electron chi connectivity index (χ2n) is 6.38. The third kappa shape index (κ3) is 5.45. The van der Waals surface area contributed by atoms with E-state index in [1.165, 1.54) is 12.1 Å². The molecule has 8 heteroatoms. The fourth-order valence-electron chi connectivity index (χ4n) is 2.67. The van der Waals surface area contributed by atoms with Gasteiger partial charge in [-0.3, -0.25) is 14.5 Å². The highest BCUT2D eigenvalue weighted by Crippen LogP contribution is 2.30. The van der Waals surface area contributed by atoms with Crippen LogP contribution in [0.5, 0.6) is 0 Å². The molecular weight excluding hydrogens is 335 g/mol. The monoisotopic (exact) mass is 357 g/mol. The molecule has 0 saturated carbocycles. The average Bonchev–Trinajstić information content (AvgIpc) is 2.54. The van der Waals surface area contributed by atoms with Crippen molar-refractivity contribution >= 4 is 17.5 Å². The number of alkyl halides is 3. The van der Waals surface area contributed by atoms with Crippen LogP contribution in [0.15, 0.2) is 24.3 Å². The van der Waals surface area contributed by atoms with Gasteiger partial charge in [-0.1, -0.05) is 19.9 Å². The molecule has 1 heterocycles. The number of piperazine rings is 1. The summed E-state index contributed by atoms with van der Waals surface area (Å²) in [6.45, 7) is 6.00. The summed E-state index contributed by atoms with van der Waals surface area (Å²) in [6, 6.07) is 4.55. The van der Waals surface area contributed by atoms with E-state index in [1.54, 1.807) is 4.90 Å². The Morgan fingerprint density at radius 2 is 1.80 bits per heavy atom. The van der Waals surface area contributed by atoms with E-state index in [0.29, 0.717) is 26.2 Å². The van der Waals surface area contributed by atoms with Crippen LogP contribution in [0.2, 0.25) is 0 Å². The molecule has 1 aliphatic heterocycles. The van der Waals surface area contributed by atoms with Crippen LogP contribution in [0.1, 0.15) is 19.4 Å². The van der Waals surface area contributed by atoms with Crippen molar-refractivity contribution in [1.29, 1.82) is 0 Å². The Hall–Kier alpha value is -2.09. The van der Waals surface area contributed by atoms with Crippen LogP contribution in [-0.4, -0.2) is 54.3 Å². The van der Waals surface area contributed by atoms with Gasteiger partial charge < -0.3 is 10.2 Å². The zero-order valence-corrected chi connectivity index (χ0v) is 14.3. The lowest BCUT2D eigenvalue weighted by Crippen LogP contribution is -2.51. The predicted octanol–water partition coefficient (Wildman–Crippen LogP) is 2.44. The van der Waals surface area contributed by atoms with Gasteiger partial charge in [0.05, 0.1) is 12.1 Å². The number of hydrogen-bond acceptors (Lipinski definition) is 3. The van der Waals surface area contributed by atoms with Crippen molar-refractivity contribution in [3.63, 3.8) is 0 Å². The van der Waals surface area contributed by atoms with Gasteiger partial charge in [-0.2, -0.15) is 13.2 Å². The highest BCUT2D eigenvalue weighted by Gasteiger charge is 2.30. The summed E-state index contributed by atoms with van der Waals surface area (Å²) in [4.78, 5) is 27.6. The van der Waals surface area contributed by atoms with Gasteiger partial charge in [0.25, 0.3) is 0 Å². The molecule has 2 amide bonds. The van der Waals surface area contributed by atoms with E-state index in [4.69, 9.17) is 0 Å². The number of amides is 2. The lowest BCUT2D eigenvalue weighted by atomic mass is 10.1. The molecule has 1 aromatic carbocycles. The molecule has 0 radical (unpaired) electrons. The van der Waals surface area contributed by atoms with Crippen molar-refractivity contribution in [2.45, 2.75) is 20.0 Å². The summed E-state index contributed by atoms with van der Waals surface area (Å²) >= 11 is 0. The van der Waals surface area contributed by atoms with Crippen LogP contribution in [0.3, 0.4) is 0 Å². The quantitative estimate of drug-likeness (QED) is 0.901. The molecule has 2 rings (SSSR count). The maximum Gasteiger partial charge on any atom is 0.416 e. The van der Waals surface area contributed by atoms with Crippen LogP contribution >= 0.6 is 0 Å². The first kappa shape index (κ1) is 19.2. The van der Waals surface area contributed by atoms with Crippen LogP contribution < -0.4 is 5.32 Å². The Balaban J connectivity index is 1.85. The third-order valence-electron chi connectivity index (χ3n) is 4.02. The first-order valence-electron chi connectivity index (χ1n) is 8.15. The molecule has 0 aliphatic carbocycles. The highest BCUT2D eigenvalue weighted by atomic mass is 19.4. The molecule has 1 aromatic rings. The van der Waals surface area contributed by atoms with Crippen molar-refractivity contribution < 1.29 is 22.8 Å². The number of halogens is 3. The lowest BCUT2D eigenvalue weighted by molar-refractivity contribution is -0.138. The number of anilines is 1. The Morgan fingerprint density at radius 1 is 1.16 bits per heavy atom. The molecule has 0 spiro atoms. The summed E-state index contributed by atoms with van der Waals surface area (Å²) in [7, 11) is 0. The van der Waals surface area contributed by atoms with Gasteiger partial charge in [-0.15, -0.1) is 0 Å². The lowest BCUT2D eigenvalue weighted by Gasteiger charge is -2.35. The Morgan fingerprint density at radius 3 is 2.36 bits per heavy atom. The van der Waals surface area contributed by atoms with Crippen LogP contribution in [0.25, 0.3) is 0 Å². The zero-order valence-electron chi connectivity index (χ0n) is 14.3.